The van der Waals surface area contributed by atoms with Crippen LogP contribution in [0.15, 0.2) is 22.7 Å². The van der Waals surface area contributed by atoms with Crippen molar-refractivity contribution < 1.29 is 4.79 Å². The molecule has 3 heteroatoms. The average molecular weight is 310 g/mol. The number of likely N-dealkylation sites (tertiary alicyclic amines) is 1. The third kappa shape index (κ3) is 2.94. The van der Waals surface area contributed by atoms with Gasteiger partial charge in [0.2, 0.25) is 0 Å². The molecule has 1 aliphatic heterocycles. The van der Waals surface area contributed by atoms with Gasteiger partial charge in [-0.3, -0.25) is 4.79 Å². The normalized spacial score (nSPS) is 19.3. The fourth-order valence-corrected chi connectivity index (χ4v) is 3.05. The second kappa shape index (κ2) is 5.87. The molecule has 1 amide bonds. The molecule has 0 bridgehead atoms. The summed E-state index contributed by atoms with van der Waals surface area (Å²) in [5.41, 5.74) is 1.93. The van der Waals surface area contributed by atoms with Gasteiger partial charge in [0, 0.05) is 17.6 Å². The summed E-state index contributed by atoms with van der Waals surface area (Å²) in [6.07, 6.45) is 3.60. The minimum Gasteiger partial charge on any atom is -0.338 e. The maximum absolute atomic E-state index is 12.5. The smallest absolute Gasteiger partial charge is 0.255 e. The summed E-state index contributed by atoms with van der Waals surface area (Å²) in [7, 11) is 0. The van der Waals surface area contributed by atoms with E-state index < -0.39 is 0 Å². The molecule has 98 valence electrons. The van der Waals surface area contributed by atoms with Gasteiger partial charge >= 0.3 is 0 Å². The first-order chi connectivity index (χ1) is 8.61. The number of nitrogens with zero attached hydrogens (tertiary/aromatic N) is 1. The molecular weight excluding hydrogens is 290 g/mol. The molecule has 1 aliphatic rings. The highest BCUT2D eigenvalue weighted by Crippen LogP contribution is 2.25. The SMILES string of the molecule is CCCC1CCN(C(=O)c2cc(C)ccc2Br)C1. The highest BCUT2D eigenvalue weighted by Gasteiger charge is 2.27. The van der Waals surface area contributed by atoms with Gasteiger partial charge in [0.05, 0.1) is 5.56 Å². The molecule has 1 fully saturated rings. The zero-order valence-corrected chi connectivity index (χ0v) is 12.7. The predicted molar refractivity (Wildman–Crippen MR) is 77.8 cm³/mol. The van der Waals surface area contributed by atoms with E-state index in [0.717, 1.165) is 35.1 Å². The maximum Gasteiger partial charge on any atom is 0.255 e. The van der Waals surface area contributed by atoms with Crippen molar-refractivity contribution in [3.05, 3.63) is 33.8 Å². The summed E-state index contributed by atoms with van der Waals surface area (Å²) in [4.78, 5) is 14.5. The van der Waals surface area contributed by atoms with Gasteiger partial charge in [-0.2, -0.15) is 0 Å². The summed E-state index contributed by atoms with van der Waals surface area (Å²) in [5, 5.41) is 0. The Balaban J connectivity index is 2.10. The lowest BCUT2D eigenvalue weighted by Gasteiger charge is -2.17. The molecule has 1 unspecified atom stereocenters. The zero-order valence-electron chi connectivity index (χ0n) is 11.1. The van der Waals surface area contributed by atoms with Crippen LogP contribution in [0.2, 0.25) is 0 Å². The number of carbonyl (C=O) groups excluding carboxylic acids is 1. The first-order valence-corrected chi connectivity index (χ1v) is 7.46. The molecule has 0 aliphatic carbocycles. The Morgan fingerprint density at radius 1 is 1.50 bits per heavy atom. The Hall–Kier alpha value is -0.830. The summed E-state index contributed by atoms with van der Waals surface area (Å²) >= 11 is 3.48. The van der Waals surface area contributed by atoms with Crippen LogP contribution in [0.4, 0.5) is 0 Å². The van der Waals surface area contributed by atoms with E-state index in [1.165, 1.54) is 12.8 Å². The van der Waals surface area contributed by atoms with E-state index >= 15 is 0 Å². The Bertz CT molecular complexity index is 444. The number of aryl methyl sites for hydroxylation is 1. The van der Waals surface area contributed by atoms with Crippen molar-refractivity contribution in [3.63, 3.8) is 0 Å². The quantitative estimate of drug-likeness (QED) is 0.826. The second-order valence-electron chi connectivity index (χ2n) is 5.18. The molecule has 1 aromatic carbocycles. The minimum atomic E-state index is 0.171. The van der Waals surface area contributed by atoms with Gasteiger partial charge in [-0.1, -0.05) is 25.0 Å². The lowest BCUT2D eigenvalue weighted by molar-refractivity contribution is 0.0785. The highest BCUT2D eigenvalue weighted by molar-refractivity contribution is 9.10. The zero-order chi connectivity index (χ0) is 13.1. The van der Waals surface area contributed by atoms with Crippen LogP contribution in [0.1, 0.15) is 42.1 Å². The third-order valence-electron chi connectivity index (χ3n) is 3.62. The van der Waals surface area contributed by atoms with Crippen LogP contribution in [0.25, 0.3) is 0 Å². The number of hydrogen-bond donors (Lipinski definition) is 0. The van der Waals surface area contributed by atoms with Gasteiger partial charge in [-0.15, -0.1) is 0 Å². The van der Waals surface area contributed by atoms with Gasteiger partial charge in [-0.25, -0.2) is 0 Å². The number of hydrogen-bond acceptors (Lipinski definition) is 1. The van der Waals surface area contributed by atoms with Crippen LogP contribution in [0.5, 0.6) is 0 Å². The largest absolute Gasteiger partial charge is 0.338 e. The van der Waals surface area contributed by atoms with E-state index in [0.29, 0.717) is 5.92 Å². The molecule has 0 radical (unpaired) electrons. The topological polar surface area (TPSA) is 20.3 Å². The monoisotopic (exact) mass is 309 g/mol. The van der Waals surface area contributed by atoms with Crippen molar-refractivity contribution >= 4 is 21.8 Å². The van der Waals surface area contributed by atoms with E-state index in [9.17, 15) is 4.79 Å². The summed E-state index contributed by atoms with van der Waals surface area (Å²) in [5.74, 6) is 0.867. The third-order valence-corrected chi connectivity index (χ3v) is 4.31. The molecule has 1 atom stereocenters. The van der Waals surface area contributed by atoms with Gasteiger partial charge in [0.15, 0.2) is 0 Å². The van der Waals surface area contributed by atoms with Crippen molar-refractivity contribution in [2.75, 3.05) is 13.1 Å². The first kappa shape index (κ1) is 13.6. The standard InChI is InChI=1S/C15H20BrNO/c1-3-4-12-7-8-17(10-12)15(18)13-9-11(2)5-6-14(13)16/h5-6,9,12H,3-4,7-8,10H2,1-2H3. The number of halogens is 1. The lowest BCUT2D eigenvalue weighted by atomic mass is 10.0. The molecule has 2 rings (SSSR count). The fraction of sp³-hybridized carbons (Fsp3) is 0.533. The van der Waals surface area contributed by atoms with Crippen molar-refractivity contribution in [1.29, 1.82) is 0 Å². The van der Waals surface area contributed by atoms with Crippen molar-refractivity contribution in [3.8, 4) is 0 Å². The molecule has 1 saturated heterocycles. The molecule has 1 aromatic rings. The van der Waals surface area contributed by atoms with Crippen LogP contribution in [0, 0.1) is 12.8 Å². The average Bonchev–Trinajstić information content (AvgIpc) is 2.80. The number of benzene rings is 1. The summed E-state index contributed by atoms with van der Waals surface area (Å²) < 4.78 is 0.900. The molecule has 0 N–H and O–H groups in total. The van der Waals surface area contributed by atoms with Crippen LogP contribution >= 0.6 is 15.9 Å². The van der Waals surface area contributed by atoms with Gasteiger partial charge in [-0.05, 0) is 53.7 Å². The first-order valence-electron chi connectivity index (χ1n) is 6.67. The number of rotatable bonds is 3. The van der Waals surface area contributed by atoms with Gasteiger partial charge in [0.25, 0.3) is 5.91 Å². The maximum atomic E-state index is 12.5. The Morgan fingerprint density at radius 3 is 3.00 bits per heavy atom. The van der Waals surface area contributed by atoms with Crippen molar-refractivity contribution in [2.24, 2.45) is 5.92 Å². The molecular formula is C15H20BrNO. The summed E-state index contributed by atoms with van der Waals surface area (Å²) in [6.45, 7) is 6.06. The van der Waals surface area contributed by atoms with Crippen LogP contribution < -0.4 is 0 Å². The molecule has 18 heavy (non-hydrogen) atoms. The van der Waals surface area contributed by atoms with E-state index in [-0.39, 0.29) is 5.91 Å². The highest BCUT2D eigenvalue weighted by atomic mass is 79.9. The van der Waals surface area contributed by atoms with Gasteiger partial charge < -0.3 is 4.90 Å². The molecule has 0 spiro atoms. The number of carbonyl (C=O) groups is 1. The predicted octanol–water partition coefficient (Wildman–Crippen LogP) is 4.02. The Morgan fingerprint density at radius 2 is 2.28 bits per heavy atom. The summed E-state index contributed by atoms with van der Waals surface area (Å²) in [6, 6.07) is 5.95. The second-order valence-corrected chi connectivity index (χ2v) is 6.03. The van der Waals surface area contributed by atoms with E-state index in [4.69, 9.17) is 0 Å². The molecule has 0 aromatic heterocycles. The Labute approximate surface area is 117 Å². The van der Waals surface area contributed by atoms with Crippen molar-refractivity contribution in [1.82, 2.24) is 4.90 Å². The fourth-order valence-electron chi connectivity index (χ4n) is 2.63. The van der Waals surface area contributed by atoms with Crippen LogP contribution in [0.3, 0.4) is 0 Å². The molecule has 2 nitrogen and oxygen atoms in total. The van der Waals surface area contributed by atoms with Gasteiger partial charge in [0.1, 0.15) is 0 Å². The molecule has 0 saturated carbocycles. The van der Waals surface area contributed by atoms with E-state index in [1.807, 2.05) is 30.0 Å². The molecule has 1 heterocycles. The van der Waals surface area contributed by atoms with Crippen LogP contribution in [-0.4, -0.2) is 23.9 Å². The Kier molecular flexibility index (Phi) is 4.44. The minimum absolute atomic E-state index is 0.171. The lowest BCUT2D eigenvalue weighted by Crippen LogP contribution is -2.29. The van der Waals surface area contributed by atoms with E-state index in [1.54, 1.807) is 0 Å². The van der Waals surface area contributed by atoms with E-state index in [2.05, 4.69) is 22.9 Å². The van der Waals surface area contributed by atoms with Crippen molar-refractivity contribution in [2.45, 2.75) is 33.1 Å². The number of amides is 1. The van der Waals surface area contributed by atoms with Crippen LogP contribution in [-0.2, 0) is 0 Å².